The lowest BCUT2D eigenvalue weighted by atomic mass is 9.95. The SMILES string of the molecule is CC1=C(C(=O)OC(C)C)[C@H](c2ccc(NC(=O)c3ccccc3)cc2)NC(=O)N1C. The largest absolute Gasteiger partial charge is 0.459 e. The molecule has 3 amide bonds. The van der Waals surface area contributed by atoms with Crippen LogP contribution in [0.2, 0.25) is 0 Å². The van der Waals surface area contributed by atoms with Gasteiger partial charge in [0.2, 0.25) is 0 Å². The number of urea groups is 1. The molecule has 3 rings (SSSR count). The van der Waals surface area contributed by atoms with Crippen molar-refractivity contribution >= 4 is 23.6 Å². The van der Waals surface area contributed by atoms with Gasteiger partial charge >= 0.3 is 12.0 Å². The topological polar surface area (TPSA) is 87.7 Å². The Morgan fingerprint density at radius 3 is 2.30 bits per heavy atom. The number of nitrogens with zero attached hydrogens (tertiary/aromatic N) is 1. The molecule has 30 heavy (non-hydrogen) atoms. The van der Waals surface area contributed by atoms with Crippen LogP contribution in [-0.4, -0.2) is 36.0 Å². The van der Waals surface area contributed by atoms with E-state index in [1.54, 1.807) is 76.3 Å². The molecule has 2 aromatic carbocycles. The molecule has 0 unspecified atom stereocenters. The Hall–Kier alpha value is -3.61. The third kappa shape index (κ3) is 4.51. The van der Waals surface area contributed by atoms with Crippen molar-refractivity contribution in [1.29, 1.82) is 0 Å². The van der Waals surface area contributed by atoms with Crippen LogP contribution in [0.5, 0.6) is 0 Å². The molecule has 156 valence electrons. The van der Waals surface area contributed by atoms with E-state index in [0.29, 0.717) is 28.1 Å². The number of esters is 1. The van der Waals surface area contributed by atoms with Gasteiger partial charge in [-0.25, -0.2) is 9.59 Å². The average Bonchev–Trinajstić information content (AvgIpc) is 2.72. The highest BCUT2D eigenvalue weighted by Crippen LogP contribution is 2.31. The van der Waals surface area contributed by atoms with Gasteiger partial charge in [0, 0.05) is 24.0 Å². The maximum atomic E-state index is 12.7. The van der Waals surface area contributed by atoms with E-state index in [4.69, 9.17) is 4.74 Å². The Labute approximate surface area is 175 Å². The number of carbonyl (C=O) groups excluding carboxylic acids is 3. The first-order valence-corrected chi connectivity index (χ1v) is 9.70. The molecular weight excluding hydrogens is 382 g/mol. The maximum Gasteiger partial charge on any atom is 0.338 e. The lowest BCUT2D eigenvalue weighted by Crippen LogP contribution is -2.46. The first-order chi connectivity index (χ1) is 14.3. The van der Waals surface area contributed by atoms with Crippen molar-refractivity contribution in [3.8, 4) is 0 Å². The summed E-state index contributed by atoms with van der Waals surface area (Å²) in [5.74, 6) is -0.686. The molecular formula is C23H25N3O4. The highest BCUT2D eigenvalue weighted by atomic mass is 16.5. The smallest absolute Gasteiger partial charge is 0.338 e. The van der Waals surface area contributed by atoms with E-state index in [1.165, 1.54) is 4.90 Å². The minimum absolute atomic E-state index is 0.215. The summed E-state index contributed by atoms with van der Waals surface area (Å²) in [6.07, 6.45) is -0.281. The molecule has 1 heterocycles. The minimum Gasteiger partial charge on any atom is -0.459 e. The molecule has 1 aliphatic rings. The van der Waals surface area contributed by atoms with Crippen LogP contribution in [0.25, 0.3) is 0 Å². The summed E-state index contributed by atoms with van der Waals surface area (Å²) in [7, 11) is 1.60. The minimum atomic E-state index is -0.640. The number of hydrogen-bond donors (Lipinski definition) is 2. The van der Waals surface area contributed by atoms with Gasteiger partial charge in [0.05, 0.1) is 17.7 Å². The molecule has 1 aliphatic heterocycles. The third-order valence-corrected chi connectivity index (χ3v) is 4.85. The van der Waals surface area contributed by atoms with Crippen molar-refractivity contribution in [1.82, 2.24) is 10.2 Å². The second-order valence-corrected chi connectivity index (χ2v) is 7.34. The predicted molar refractivity (Wildman–Crippen MR) is 114 cm³/mol. The van der Waals surface area contributed by atoms with Crippen LogP contribution in [0.3, 0.4) is 0 Å². The normalized spacial score (nSPS) is 16.4. The van der Waals surface area contributed by atoms with E-state index < -0.39 is 12.0 Å². The fourth-order valence-corrected chi connectivity index (χ4v) is 3.18. The maximum absolute atomic E-state index is 12.7. The zero-order valence-electron chi connectivity index (χ0n) is 17.4. The van der Waals surface area contributed by atoms with Gasteiger partial charge in [-0.2, -0.15) is 0 Å². The fraction of sp³-hybridized carbons (Fsp3) is 0.261. The zero-order valence-corrected chi connectivity index (χ0v) is 17.4. The summed E-state index contributed by atoms with van der Waals surface area (Å²) >= 11 is 0. The monoisotopic (exact) mass is 407 g/mol. The quantitative estimate of drug-likeness (QED) is 0.737. The number of nitrogens with one attached hydrogen (secondary N) is 2. The highest BCUT2D eigenvalue weighted by molar-refractivity contribution is 6.04. The van der Waals surface area contributed by atoms with Gasteiger partial charge in [0.15, 0.2) is 0 Å². The van der Waals surface area contributed by atoms with Crippen molar-refractivity contribution in [3.63, 3.8) is 0 Å². The van der Waals surface area contributed by atoms with Gasteiger partial charge in [0.1, 0.15) is 0 Å². The molecule has 0 spiro atoms. The molecule has 0 saturated heterocycles. The van der Waals surface area contributed by atoms with Crippen molar-refractivity contribution in [3.05, 3.63) is 77.0 Å². The van der Waals surface area contributed by atoms with Crippen molar-refractivity contribution in [2.75, 3.05) is 12.4 Å². The highest BCUT2D eigenvalue weighted by Gasteiger charge is 2.35. The Balaban J connectivity index is 1.85. The average molecular weight is 407 g/mol. The number of benzene rings is 2. The summed E-state index contributed by atoms with van der Waals surface area (Å²) in [5, 5.41) is 5.68. The summed E-state index contributed by atoms with van der Waals surface area (Å²) < 4.78 is 5.39. The van der Waals surface area contributed by atoms with Gasteiger partial charge in [-0.1, -0.05) is 30.3 Å². The van der Waals surface area contributed by atoms with Crippen LogP contribution in [-0.2, 0) is 9.53 Å². The van der Waals surface area contributed by atoms with Gasteiger partial charge in [-0.05, 0) is 50.6 Å². The molecule has 0 aliphatic carbocycles. The lowest BCUT2D eigenvalue weighted by Gasteiger charge is -2.33. The lowest BCUT2D eigenvalue weighted by molar-refractivity contribution is -0.143. The molecule has 1 atom stereocenters. The van der Waals surface area contributed by atoms with Crippen LogP contribution in [0, 0.1) is 0 Å². The van der Waals surface area contributed by atoms with E-state index in [1.807, 2.05) is 6.07 Å². The summed E-state index contributed by atoms with van der Waals surface area (Å²) in [4.78, 5) is 38.7. The molecule has 7 heteroatoms. The fourth-order valence-electron chi connectivity index (χ4n) is 3.18. The number of hydrogen-bond acceptors (Lipinski definition) is 4. The van der Waals surface area contributed by atoms with E-state index >= 15 is 0 Å². The van der Waals surface area contributed by atoms with Crippen molar-refractivity contribution in [2.45, 2.75) is 32.9 Å². The van der Waals surface area contributed by atoms with E-state index in [-0.39, 0.29) is 18.0 Å². The molecule has 0 aromatic heterocycles. The van der Waals surface area contributed by atoms with Gasteiger partial charge < -0.3 is 20.3 Å². The van der Waals surface area contributed by atoms with Gasteiger partial charge in [0.25, 0.3) is 5.91 Å². The van der Waals surface area contributed by atoms with Crippen LogP contribution in [0.15, 0.2) is 65.9 Å². The Bertz CT molecular complexity index is 981. The first-order valence-electron chi connectivity index (χ1n) is 9.70. The Morgan fingerprint density at radius 1 is 1.07 bits per heavy atom. The summed E-state index contributed by atoms with van der Waals surface area (Å²) in [6, 6.07) is 15.0. The third-order valence-electron chi connectivity index (χ3n) is 4.85. The second-order valence-electron chi connectivity index (χ2n) is 7.34. The molecule has 0 bridgehead atoms. The first kappa shape index (κ1) is 21.1. The van der Waals surface area contributed by atoms with Gasteiger partial charge in [-0.3, -0.25) is 4.79 Å². The van der Waals surface area contributed by atoms with Crippen molar-refractivity contribution in [2.24, 2.45) is 0 Å². The number of carbonyl (C=O) groups is 3. The summed E-state index contributed by atoms with van der Waals surface area (Å²) in [6.45, 7) is 5.27. The predicted octanol–water partition coefficient (Wildman–Crippen LogP) is 3.86. The van der Waals surface area contributed by atoms with Gasteiger partial charge in [-0.15, -0.1) is 0 Å². The molecule has 7 nitrogen and oxygen atoms in total. The molecule has 0 saturated carbocycles. The summed E-state index contributed by atoms with van der Waals surface area (Å²) in [5.41, 5.74) is 2.80. The van der Waals surface area contributed by atoms with Crippen molar-refractivity contribution < 1.29 is 19.1 Å². The number of anilines is 1. The molecule has 2 N–H and O–H groups in total. The zero-order chi connectivity index (χ0) is 21.8. The van der Waals surface area contributed by atoms with Crippen LogP contribution >= 0.6 is 0 Å². The number of amides is 3. The van der Waals surface area contributed by atoms with E-state index in [2.05, 4.69) is 10.6 Å². The molecule has 0 radical (unpaired) electrons. The van der Waals surface area contributed by atoms with E-state index in [9.17, 15) is 14.4 Å². The molecule has 0 fully saturated rings. The van der Waals surface area contributed by atoms with Crippen LogP contribution in [0.4, 0.5) is 10.5 Å². The Morgan fingerprint density at radius 2 is 1.70 bits per heavy atom. The number of ether oxygens (including phenoxy) is 1. The number of rotatable bonds is 5. The van der Waals surface area contributed by atoms with Crippen LogP contribution < -0.4 is 10.6 Å². The standard InChI is InChI=1S/C23H25N3O4/c1-14(2)30-22(28)19-15(3)26(4)23(29)25-20(19)16-10-12-18(13-11-16)24-21(27)17-8-6-5-7-9-17/h5-14,20H,1-4H3,(H,24,27)(H,25,29)/t20-/m0/s1. The Kier molecular flexibility index (Phi) is 6.20. The van der Waals surface area contributed by atoms with Crippen LogP contribution in [0.1, 0.15) is 42.7 Å². The number of allylic oxidation sites excluding steroid dienone is 1. The second kappa shape index (κ2) is 8.82. The van der Waals surface area contributed by atoms with E-state index in [0.717, 1.165) is 0 Å². The molecule has 2 aromatic rings.